The molecule has 0 aliphatic heterocycles. The van der Waals surface area contributed by atoms with E-state index in [0.29, 0.717) is 12.8 Å². The van der Waals surface area contributed by atoms with E-state index in [0.717, 1.165) is 14.0 Å². The highest BCUT2D eigenvalue weighted by Crippen LogP contribution is 2.41. The highest BCUT2D eigenvalue weighted by atomic mass is 32.2. The van der Waals surface area contributed by atoms with Gasteiger partial charge in [-0.2, -0.15) is 21.6 Å². The molecule has 104 valence electrons. The third-order valence-corrected chi connectivity index (χ3v) is 3.26. The summed E-state index contributed by atoms with van der Waals surface area (Å²) in [5, 5.41) is 0. The standard InChI is InChI=1S/C9H11F3O5S/c1-5(8(13)16-2)7(6-3-4-6)17-18(14,15)9(10,11)12/h6H,3-4H2,1-2H3/b7-5-. The lowest BCUT2D eigenvalue weighted by Crippen LogP contribution is -2.26. The maximum absolute atomic E-state index is 12.2. The molecule has 0 radical (unpaired) electrons. The monoisotopic (exact) mass is 288 g/mol. The number of alkyl halides is 3. The van der Waals surface area contributed by atoms with Crippen molar-refractivity contribution in [2.45, 2.75) is 25.3 Å². The van der Waals surface area contributed by atoms with Crippen LogP contribution in [0.2, 0.25) is 0 Å². The number of carbonyl (C=O) groups excluding carboxylic acids is 1. The maximum Gasteiger partial charge on any atom is 0.534 e. The van der Waals surface area contributed by atoms with Crippen LogP contribution in [0.3, 0.4) is 0 Å². The first-order valence-corrected chi connectivity index (χ1v) is 6.31. The number of allylic oxidation sites excluding steroid dienone is 1. The number of ether oxygens (including phenoxy) is 1. The number of methoxy groups -OCH3 is 1. The average molecular weight is 288 g/mol. The summed E-state index contributed by atoms with van der Waals surface area (Å²) < 4.78 is 66.6. The summed E-state index contributed by atoms with van der Waals surface area (Å²) in [6.07, 6.45) is 0.939. The second-order valence-electron chi connectivity index (χ2n) is 3.74. The van der Waals surface area contributed by atoms with Gasteiger partial charge in [-0.3, -0.25) is 0 Å². The molecular formula is C9H11F3O5S. The predicted octanol–water partition coefficient (Wildman–Crippen LogP) is 1.71. The fraction of sp³-hybridized carbons (Fsp3) is 0.667. The van der Waals surface area contributed by atoms with Crippen molar-refractivity contribution in [1.29, 1.82) is 0 Å². The summed E-state index contributed by atoms with van der Waals surface area (Å²) in [7, 11) is -4.72. The van der Waals surface area contributed by atoms with Gasteiger partial charge < -0.3 is 8.92 Å². The summed E-state index contributed by atoms with van der Waals surface area (Å²) in [4.78, 5) is 11.2. The Labute approximate surface area is 102 Å². The van der Waals surface area contributed by atoms with E-state index in [-0.39, 0.29) is 5.57 Å². The number of halogens is 3. The first-order chi connectivity index (χ1) is 8.10. The molecule has 1 aliphatic rings. The third-order valence-electron chi connectivity index (χ3n) is 2.29. The summed E-state index contributed by atoms with van der Waals surface area (Å²) in [6.45, 7) is 1.16. The molecule has 0 aromatic heterocycles. The van der Waals surface area contributed by atoms with Crippen LogP contribution in [0.15, 0.2) is 11.3 Å². The van der Waals surface area contributed by atoms with Gasteiger partial charge in [-0.05, 0) is 19.8 Å². The van der Waals surface area contributed by atoms with Gasteiger partial charge in [-0.25, -0.2) is 4.79 Å². The second-order valence-corrected chi connectivity index (χ2v) is 5.28. The van der Waals surface area contributed by atoms with E-state index in [1.807, 2.05) is 0 Å². The van der Waals surface area contributed by atoms with E-state index < -0.39 is 33.3 Å². The Morgan fingerprint density at radius 2 is 1.78 bits per heavy atom. The molecule has 1 rings (SSSR count). The van der Waals surface area contributed by atoms with E-state index >= 15 is 0 Å². The average Bonchev–Trinajstić information content (AvgIpc) is 3.06. The van der Waals surface area contributed by atoms with Crippen molar-refractivity contribution in [2.75, 3.05) is 7.11 Å². The molecule has 0 aromatic carbocycles. The van der Waals surface area contributed by atoms with E-state index in [2.05, 4.69) is 8.92 Å². The maximum atomic E-state index is 12.2. The zero-order chi connectivity index (χ0) is 14.1. The highest BCUT2D eigenvalue weighted by Gasteiger charge is 2.50. The van der Waals surface area contributed by atoms with Gasteiger partial charge in [0.25, 0.3) is 0 Å². The zero-order valence-electron chi connectivity index (χ0n) is 9.57. The van der Waals surface area contributed by atoms with E-state index in [1.165, 1.54) is 0 Å². The van der Waals surface area contributed by atoms with Crippen LogP contribution in [0.1, 0.15) is 19.8 Å². The molecule has 0 atom stereocenters. The smallest absolute Gasteiger partial charge is 0.466 e. The molecule has 0 unspecified atom stereocenters. The molecule has 1 saturated carbocycles. The zero-order valence-corrected chi connectivity index (χ0v) is 10.4. The molecule has 18 heavy (non-hydrogen) atoms. The van der Waals surface area contributed by atoms with Crippen LogP contribution >= 0.6 is 0 Å². The molecule has 0 spiro atoms. The number of esters is 1. The molecule has 0 saturated heterocycles. The number of hydrogen-bond donors (Lipinski definition) is 0. The normalized spacial score (nSPS) is 18.1. The Kier molecular flexibility index (Phi) is 3.94. The molecule has 0 bridgehead atoms. The van der Waals surface area contributed by atoms with Crippen molar-refractivity contribution in [3.63, 3.8) is 0 Å². The van der Waals surface area contributed by atoms with Gasteiger partial charge in [0.05, 0.1) is 12.7 Å². The van der Waals surface area contributed by atoms with Crippen molar-refractivity contribution >= 4 is 16.1 Å². The SMILES string of the molecule is COC(=O)/C(C)=C(\OS(=O)(=O)C(F)(F)F)C1CC1. The molecule has 1 aliphatic carbocycles. The molecule has 5 nitrogen and oxygen atoms in total. The van der Waals surface area contributed by atoms with Crippen LogP contribution in [0.4, 0.5) is 13.2 Å². The fourth-order valence-electron chi connectivity index (χ4n) is 1.20. The number of carbonyl (C=O) groups is 1. The van der Waals surface area contributed by atoms with Gasteiger partial charge in [0.1, 0.15) is 5.76 Å². The summed E-state index contributed by atoms with van der Waals surface area (Å²) in [5.41, 5.74) is -5.79. The summed E-state index contributed by atoms with van der Waals surface area (Å²) >= 11 is 0. The first-order valence-electron chi connectivity index (χ1n) is 4.90. The van der Waals surface area contributed by atoms with Gasteiger partial charge >= 0.3 is 21.6 Å². The Hall–Kier alpha value is -1.25. The van der Waals surface area contributed by atoms with Gasteiger partial charge in [0.15, 0.2) is 0 Å². The molecule has 0 aromatic rings. The molecular weight excluding hydrogens is 277 g/mol. The van der Waals surface area contributed by atoms with E-state index in [9.17, 15) is 26.4 Å². The van der Waals surface area contributed by atoms with Gasteiger partial charge in [-0.1, -0.05) is 0 Å². The molecule has 0 amide bonds. The van der Waals surface area contributed by atoms with Gasteiger partial charge in [0.2, 0.25) is 0 Å². The minimum Gasteiger partial charge on any atom is -0.466 e. The van der Waals surface area contributed by atoms with Crippen molar-refractivity contribution in [2.24, 2.45) is 5.92 Å². The lowest BCUT2D eigenvalue weighted by molar-refractivity contribution is -0.136. The quantitative estimate of drug-likeness (QED) is 0.259. The topological polar surface area (TPSA) is 69.7 Å². The molecule has 9 heteroatoms. The minimum absolute atomic E-state index is 0.271. The van der Waals surface area contributed by atoms with E-state index in [4.69, 9.17) is 0 Å². The Balaban J connectivity index is 3.07. The minimum atomic E-state index is -5.75. The second kappa shape index (κ2) is 4.79. The largest absolute Gasteiger partial charge is 0.534 e. The lowest BCUT2D eigenvalue weighted by Gasteiger charge is -2.13. The fourth-order valence-corrected chi connectivity index (χ4v) is 1.79. The highest BCUT2D eigenvalue weighted by molar-refractivity contribution is 7.87. The summed E-state index contributed by atoms with van der Waals surface area (Å²) in [6, 6.07) is 0. The van der Waals surface area contributed by atoms with Crippen molar-refractivity contribution < 1.29 is 35.3 Å². The third kappa shape index (κ3) is 3.15. The molecule has 0 N–H and O–H groups in total. The number of rotatable bonds is 4. The van der Waals surface area contributed by atoms with Crippen molar-refractivity contribution in [3.05, 3.63) is 11.3 Å². The predicted molar refractivity (Wildman–Crippen MR) is 53.5 cm³/mol. The Bertz CT molecular complexity index is 473. The van der Waals surface area contributed by atoms with Crippen LogP contribution < -0.4 is 0 Å². The Morgan fingerprint density at radius 3 is 2.11 bits per heavy atom. The number of hydrogen-bond acceptors (Lipinski definition) is 5. The van der Waals surface area contributed by atoms with Gasteiger partial charge in [-0.15, -0.1) is 0 Å². The van der Waals surface area contributed by atoms with Crippen LogP contribution in [0.5, 0.6) is 0 Å². The molecule has 1 fully saturated rings. The van der Waals surface area contributed by atoms with Crippen LogP contribution in [0.25, 0.3) is 0 Å². The van der Waals surface area contributed by atoms with Gasteiger partial charge in [0, 0.05) is 5.92 Å². The molecule has 0 heterocycles. The lowest BCUT2D eigenvalue weighted by atomic mass is 10.2. The Morgan fingerprint density at radius 1 is 1.28 bits per heavy atom. The van der Waals surface area contributed by atoms with Crippen LogP contribution in [0, 0.1) is 5.92 Å². The first kappa shape index (κ1) is 14.8. The van der Waals surface area contributed by atoms with Crippen molar-refractivity contribution in [1.82, 2.24) is 0 Å². The van der Waals surface area contributed by atoms with Crippen LogP contribution in [-0.4, -0.2) is 27.0 Å². The van der Waals surface area contributed by atoms with Crippen molar-refractivity contribution in [3.8, 4) is 0 Å². The van der Waals surface area contributed by atoms with E-state index in [1.54, 1.807) is 0 Å². The summed E-state index contributed by atoms with van der Waals surface area (Å²) in [5.74, 6) is -1.89. The van der Waals surface area contributed by atoms with Crippen LogP contribution in [-0.2, 0) is 23.8 Å².